The Balaban J connectivity index is 0.00000109. The van der Waals surface area contributed by atoms with Gasteiger partial charge in [0.2, 0.25) is 0 Å². The number of carbonyl (C=O) groups excluding carboxylic acids is 2. The summed E-state index contributed by atoms with van der Waals surface area (Å²) in [7, 11) is 1.68. The number of nitrogens with zero attached hydrogens (tertiary/aromatic N) is 5. The molecule has 0 aromatic heterocycles. The van der Waals surface area contributed by atoms with Gasteiger partial charge in [0.05, 0.1) is 22.5 Å². The molecule has 0 aliphatic carbocycles. The molecular weight excluding hydrogens is 562 g/mol. The predicted octanol–water partition coefficient (Wildman–Crippen LogP) is 5.69. The maximum atomic E-state index is 13.7. The maximum Gasteiger partial charge on any atom is 0.254 e. The SMILES string of the molecule is CCOC.Cc1cc(C)c(C(=O)N2CCN(c3ccccc3C#N)CC2)cc1CC1(C=O)CCN(c2ccccc2C#N)CC1. The van der Waals surface area contributed by atoms with Crippen LogP contribution in [-0.2, 0) is 16.0 Å². The molecule has 0 atom stereocenters. The summed E-state index contributed by atoms with van der Waals surface area (Å²) in [6.45, 7) is 10.7. The molecule has 0 radical (unpaired) electrons. The van der Waals surface area contributed by atoms with E-state index >= 15 is 0 Å². The molecule has 2 heterocycles. The van der Waals surface area contributed by atoms with Crippen molar-refractivity contribution in [2.45, 2.75) is 40.0 Å². The molecule has 0 spiro atoms. The van der Waals surface area contributed by atoms with Gasteiger partial charge in [0.25, 0.3) is 5.91 Å². The first-order valence-corrected chi connectivity index (χ1v) is 15.6. The van der Waals surface area contributed by atoms with Crippen molar-refractivity contribution in [2.24, 2.45) is 5.41 Å². The van der Waals surface area contributed by atoms with E-state index in [0.717, 1.165) is 41.0 Å². The highest BCUT2D eigenvalue weighted by Gasteiger charge is 2.36. The van der Waals surface area contributed by atoms with Gasteiger partial charge in [0.15, 0.2) is 0 Å². The van der Waals surface area contributed by atoms with Gasteiger partial charge < -0.3 is 24.2 Å². The third-order valence-electron chi connectivity index (χ3n) is 9.05. The van der Waals surface area contributed by atoms with Gasteiger partial charge in [-0.2, -0.15) is 10.5 Å². The molecule has 0 bridgehead atoms. The quantitative estimate of drug-likeness (QED) is 0.319. The zero-order valence-corrected chi connectivity index (χ0v) is 26.9. The maximum absolute atomic E-state index is 13.7. The highest BCUT2D eigenvalue weighted by molar-refractivity contribution is 5.96. The van der Waals surface area contributed by atoms with E-state index in [4.69, 9.17) is 0 Å². The number of rotatable bonds is 7. The number of para-hydroxylation sites is 2. The summed E-state index contributed by atoms with van der Waals surface area (Å²) >= 11 is 0. The lowest BCUT2D eigenvalue weighted by Gasteiger charge is -2.40. The van der Waals surface area contributed by atoms with E-state index in [2.05, 4.69) is 39.7 Å². The highest BCUT2D eigenvalue weighted by Crippen LogP contribution is 2.37. The van der Waals surface area contributed by atoms with Gasteiger partial charge in [-0.3, -0.25) is 4.79 Å². The van der Waals surface area contributed by atoms with Crippen molar-refractivity contribution >= 4 is 23.6 Å². The first-order valence-electron chi connectivity index (χ1n) is 15.6. The molecule has 3 aromatic carbocycles. The van der Waals surface area contributed by atoms with Gasteiger partial charge >= 0.3 is 0 Å². The van der Waals surface area contributed by atoms with Gasteiger partial charge in [-0.25, -0.2) is 0 Å². The summed E-state index contributed by atoms with van der Waals surface area (Å²) in [6.07, 6.45) is 3.09. The van der Waals surface area contributed by atoms with Crippen LogP contribution in [0.3, 0.4) is 0 Å². The summed E-state index contributed by atoms with van der Waals surface area (Å²) in [6, 6.07) is 23.8. The number of amides is 1. The number of methoxy groups -OCH3 is 1. The monoisotopic (exact) mass is 605 g/mol. The zero-order valence-electron chi connectivity index (χ0n) is 26.9. The number of carbonyl (C=O) groups is 2. The number of aldehydes is 1. The fourth-order valence-electron chi connectivity index (χ4n) is 6.24. The molecule has 2 aliphatic rings. The Bertz CT molecular complexity index is 1570. The molecule has 2 aliphatic heterocycles. The minimum Gasteiger partial charge on any atom is -0.385 e. The second-order valence-electron chi connectivity index (χ2n) is 11.9. The van der Waals surface area contributed by atoms with Crippen LogP contribution in [-0.4, -0.2) is 70.1 Å². The van der Waals surface area contributed by atoms with Crippen molar-refractivity contribution in [1.82, 2.24) is 4.90 Å². The number of piperazine rings is 1. The summed E-state index contributed by atoms with van der Waals surface area (Å²) in [5.41, 5.74) is 6.40. The second-order valence-corrected chi connectivity index (χ2v) is 11.9. The van der Waals surface area contributed by atoms with Gasteiger partial charge in [-0.1, -0.05) is 30.3 Å². The predicted molar refractivity (Wildman–Crippen MR) is 178 cm³/mol. The number of benzene rings is 3. The van der Waals surface area contributed by atoms with Crippen LogP contribution in [0.5, 0.6) is 0 Å². The third kappa shape index (κ3) is 7.71. The second kappa shape index (κ2) is 15.4. The van der Waals surface area contributed by atoms with E-state index in [0.29, 0.717) is 75.2 Å². The molecule has 3 aromatic rings. The van der Waals surface area contributed by atoms with Crippen LogP contribution in [0.4, 0.5) is 11.4 Å². The minimum absolute atomic E-state index is 0.0139. The van der Waals surface area contributed by atoms with Crippen LogP contribution in [0.25, 0.3) is 0 Å². The largest absolute Gasteiger partial charge is 0.385 e. The summed E-state index contributed by atoms with van der Waals surface area (Å²) in [4.78, 5) is 32.5. The lowest BCUT2D eigenvalue weighted by atomic mass is 9.74. The van der Waals surface area contributed by atoms with Gasteiger partial charge in [0.1, 0.15) is 18.4 Å². The lowest BCUT2D eigenvalue weighted by Crippen LogP contribution is -2.49. The Morgan fingerprint density at radius 2 is 1.36 bits per heavy atom. The highest BCUT2D eigenvalue weighted by atomic mass is 16.5. The van der Waals surface area contributed by atoms with Crippen LogP contribution in [0, 0.1) is 41.9 Å². The molecule has 8 nitrogen and oxygen atoms in total. The van der Waals surface area contributed by atoms with Crippen LogP contribution < -0.4 is 9.80 Å². The van der Waals surface area contributed by atoms with Crippen LogP contribution in [0.1, 0.15) is 57.9 Å². The summed E-state index contributed by atoms with van der Waals surface area (Å²) < 4.78 is 4.54. The van der Waals surface area contributed by atoms with E-state index < -0.39 is 5.41 Å². The summed E-state index contributed by atoms with van der Waals surface area (Å²) in [5.74, 6) is 0.0139. The number of hydrogen-bond donors (Lipinski definition) is 0. The number of piperidine rings is 1. The van der Waals surface area contributed by atoms with E-state index in [9.17, 15) is 20.1 Å². The summed E-state index contributed by atoms with van der Waals surface area (Å²) in [5, 5.41) is 19.0. The molecule has 0 saturated carbocycles. The molecule has 2 fully saturated rings. The number of nitriles is 2. The fourth-order valence-corrected chi connectivity index (χ4v) is 6.24. The molecule has 234 valence electrons. The van der Waals surface area contributed by atoms with Gasteiger partial charge in [-0.15, -0.1) is 0 Å². The van der Waals surface area contributed by atoms with Crippen molar-refractivity contribution < 1.29 is 14.3 Å². The van der Waals surface area contributed by atoms with Crippen molar-refractivity contribution in [3.63, 3.8) is 0 Å². The number of anilines is 2. The Hall–Kier alpha value is -4.66. The molecule has 5 rings (SSSR count). The first kappa shape index (κ1) is 33.2. The van der Waals surface area contributed by atoms with Crippen LogP contribution in [0.2, 0.25) is 0 Å². The van der Waals surface area contributed by atoms with Gasteiger partial charge in [0, 0.05) is 64.0 Å². The lowest BCUT2D eigenvalue weighted by molar-refractivity contribution is -0.117. The van der Waals surface area contributed by atoms with Crippen molar-refractivity contribution in [2.75, 3.05) is 62.8 Å². The normalized spacial score (nSPS) is 15.7. The minimum atomic E-state index is -0.502. The first-order chi connectivity index (χ1) is 21.8. The number of hydrogen-bond acceptors (Lipinski definition) is 7. The molecule has 2 saturated heterocycles. The van der Waals surface area contributed by atoms with Gasteiger partial charge in [-0.05, 0) is 87.1 Å². The average Bonchev–Trinajstić information content (AvgIpc) is 3.09. The molecule has 8 heteroatoms. The molecule has 0 unspecified atom stereocenters. The Morgan fingerprint density at radius 1 is 0.844 bits per heavy atom. The van der Waals surface area contributed by atoms with E-state index in [1.807, 2.05) is 73.3 Å². The van der Waals surface area contributed by atoms with Crippen molar-refractivity contribution in [3.05, 3.63) is 94.0 Å². The van der Waals surface area contributed by atoms with Crippen LogP contribution >= 0.6 is 0 Å². The van der Waals surface area contributed by atoms with Crippen molar-refractivity contribution in [1.29, 1.82) is 10.5 Å². The fraction of sp³-hybridized carbons (Fsp3) is 0.405. The standard InChI is InChI=1S/C34H35N5O2.C3H8O/c1-25-19-26(2)30(33(41)39-17-15-38(16-18-39)32-10-6-4-8-28(32)23-36)20-29(25)21-34(24-40)11-13-37(14-12-34)31-9-5-3-7-27(31)22-35;1-3-4-2/h3-10,19-20,24H,11-18,21H2,1-2H3;3H2,1-2H3. The Kier molecular flexibility index (Phi) is 11.4. The Morgan fingerprint density at radius 3 is 1.84 bits per heavy atom. The zero-order chi connectivity index (χ0) is 32.4. The van der Waals surface area contributed by atoms with Crippen molar-refractivity contribution in [3.8, 4) is 12.1 Å². The number of ether oxygens (including phenoxy) is 1. The van der Waals surface area contributed by atoms with E-state index in [1.54, 1.807) is 7.11 Å². The molecular formula is C37H43N5O3. The molecule has 45 heavy (non-hydrogen) atoms. The molecule has 1 amide bonds. The van der Waals surface area contributed by atoms with E-state index in [1.165, 1.54) is 0 Å². The topological polar surface area (TPSA) is 101 Å². The van der Waals surface area contributed by atoms with Crippen LogP contribution in [0.15, 0.2) is 60.7 Å². The average molecular weight is 606 g/mol. The smallest absolute Gasteiger partial charge is 0.254 e. The third-order valence-corrected chi connectivity index (χ3v) is 9.05. The number of aryl methyl sites for hydroxylation is 2. The molecule has 0 N–H and O–H groups in total. The van der Waals surface area contributed by atoms with E-state index in [-0.39, 0.29) is 5.91 Å². The Labute approximate surface area is 267 Å².